The van der Waals surface area contributed by atoms with Crippen molar-refractivity contribution in [3.63, 3.8) is 0 Å². The van der Waals surface area contributed by atoms with Gasteiger partial charge in [0.05, 0.1) is 5.25 Å². The van der Waals surface area contributed by atoms with Crippen molar-refractivity contribution in [2.75, 3.05) is 0 Å². The predicted octanol–water partition coefficient (Wildman–Crippen LogP) is 3.60. The first-order valence-corrected chi connectivity index (χ1v) is 8.78. The highest BCUT2D eigenvalue weighted by Crippen LogP contribution is 2.24. The van der Waals surface area contributed by atoms with E-state index in [0.717, 1.165) is 0 Å². The van der Waals surface area contributed by atoms with Crippen molar-refractivity contribution in [2.45, 2.75) is 38.5 Å². The summed E-state index contributed by atoms with van der Waals surface area (Å²) in [4.78, 5) is 46.0. The zero-order valence-electron chi connectivity index (χ0n) is 14.4. The molecule has 1 aromatic heterocycles. The molecule has 2 rings (SSSR count). The average molecular weight is 378 g/mol. The summed E-state index contributed by atoms with van der Waals surface area (Å²) in [5, 5.41) is -1.32. The molecule has 0 fully saturated rings. The molecule has 0 radical (unpaired) electrons. The van der Waals surface area contributed by atoms with Crippen LogP contribution in [0.3, 0.4) is 0 Å². The standard InChI is InChI=1S/C18H18O7S/c1-11(19)8-9-14(20)12(2)26-18(22)23-10-15-16(25-17(21)24-15)13-6-4-3-5-7-13/h3-7,12H,8-10H2,1-2H3. The first kappa shape index (κ1) is 19.7. The quantitative estimate of drug-likeness (QED) is 0.642. The van der Waals surface area contributed by atoms with Gasteiger partial charge in [-0.3, -0.25) is 4.79 Å². The smallest absolute Gasteiger partial charge is 0.449 e. The second-order valence-electron chi connectivity index (χ2n) is 5.54. The largest absolute Gasteiger partial charge is 0.519 e. The molecule has 0 bridgehead atoms. The van der Waals surface area contributed by atoms with E-state index in [-0.39, 0.29) is 42.5 Å². The minimum Gasteiger partial charge on any atom is -0.449 e. The fraction of sp³-hybridized carbons (Fsp3) is 0.333. The van der Waals surface area contributed by atoms with Crippen molar-refractivity contribution in [2.24, 2.45) is 0 Å². The SMILES string of the molecule is CC(=O)CCC(=O)C(C)SC(=O)OCc1oc(=O)oc1-c1ccccc1. The summed E-state index contributed by atoms with van der Waals surface area (Å²) in [5.74, 6) is -0.899. The Morgan fingerprint density at radius 3 is 2.46 bits per heavy atom. The molecule has 138 valence electrons. The van der Waals surface area contributed by atoms with Crippen molar-refractivity contribution in [3.8, 4) is 11.3 Å². The Hall–Kier alpha value is -2.61. The summed E-state index contributed by atoms with van der Waals surface area (Å²) < 4.78 is 15.0. The molecule has 1 aromatic carbocycles. The Morgan fingerprint density at radius 2 is 1.81 bits per heavy atom. The number of thioether (sulfide) groups is 1. The van der Waals surface area contributed by atoms with Crippen molar-refractivity contribution >= 4 is 28.6 Å². The third-order valence-corrected chi connectivity index (χ3v) is 4.38. The molecule has 0 aliphatic rings. The van der Waals surface area contributed by atoms with E-state index in [1.807, 2.05) is 6.07 Å². The monoisotopic (exact) mass is 378 g/mol. The van der Waals surface area contributed by atoms with Crippen LogP contribution in [0.2, 0.25) is 0 Å². The highest BCUT2D eigenvalue weighted by Gasteiger charge is 2.21. The summed E-state index contributed by atoms with van der Waals surface area (Å²) >= 11 is 0.715. The number of ether oxygens (including phenoxy) is 1. The van der Waals surface area contributed by atoms with Gasteiger partial charge in [-0.1, -0.05) is 30.3 Å². The molecule has 26 heavy (non-hydrogen) atoms. The van der Waals surface area contributed by atoms with Gasteiger partial charge in [-0.05, 0) is 25.6 Å². The lowest BCUT2D eigenvalue weighted by Crippen LogP contribution is -2.16. The molecule has 0 amide bonds. The van der Waals surface area contributed by atoms with Crippen LogP contribution in [0.5, 0.6) is 0 Å². The van der Waals surface area contributed by atoms with Gasteiger partial charge in [0.25, 0.3) is 0 Å². The number of benzene rings is 1. The lowest BCUT2D eigenvalue weighted by molar-refractivity contribution is -0.122. The fourth-order valence-corrected chi connectivity index (χ4v) is 2.75. The van der Waals surface area contributed by atoms with Crippen LogP contribution >= 0.6 is 11.8 Å². The van der Waals surface area contributed by atoms with Crippen LogP contribution in [-0.2, 0) is 20.9 Å². The highest BCUT2D eigenvalue weighted by molar-refractivity contribution is 8.14. The van der Waals surface area contributed by atoms with Crippen molar-refractivity contribution in [3.05, 3.63) is 46.7 Å². The summed E-state index contributed by atoms with van der Waals surface area (Å²) in [6.07, 6.45) is 0.241. The first-order chi connectivity index (χ1) is 12.4. The van der Waals surface area contributed by atoms with Gasteiger partial charge < -0.3 is 18.4 Å². The summed E-state index contributed by atoms with van der Waals surface area (Å²) in [5.41, 5.74) is 0.616. The van der Waals surface area contributed by atoms with Gasteiger partial charge in [0.2, 0.25) is 0 Å². The van der Waals surface area contributed by atoms with Crippen molar-refractivity contribution < 1.29 is 28.0 Å². The molecule has 7 nitrogen and oxygen atoms in total. The van der Waals surface area contributed by atoms with E-state index in [0.29, 0.717) is 17.3 Å². The van der Waals surface area contributed by atoms with E-state index < -0.39 is 16.4 Å². The van der Waals surface area contributed by atoms with Crippen LogP contribution in [0.1, 0.15) is 32.4 Å². The Balaban J connectivity index is 1.93. The molecule has 1 atom stereocenters. The van der Waals surface area contributed by atoms with Crippen LogP contribution < -0.4 is 5.82 Å². The Labute approximate surface area is 153 Å². The summed E-state index contributed by atoms with van der Waals surface area (Å²) in [6.45, 7) is 2.68. The number of ketones is 2. The van der Waals surface area contributed by atoms with E-state index in [1.54, 1.807) is 31.2 Å². The zero-order valence-corrected chi connectivity index (χ0v) is 15.2. The van der Waals surface area contributed by atoms with Gasteiger partial charge in [-0.25, -0.2) is 9.59 Å². The third kappa shape index (κ3) is 5.73. The number of hydrogen-bond donors (Lipinski definition) is 0. The maximum atomic E-state index is 11.9. The number of carbonyl (C=O) groups is 3. The van der Waals surface area contributed by atoms with Crippen molar-refractivity contribution in [1.82, 2.24) is 0 Å². The van der Waals surface area contributed by atoms with Crippen LogP contribution in [0, 0.1) is 0 Å². The molecule has 0 aliphatic heterocycles. The minimum atomic E-state index is -0.893. The molecule has 0 N–H and O–H groups in total. The molecule has 0 saturated heterocycles. The minimum absolute atomic E-state index is 0.0819. The zero-order chi connectivity index (χ0) is 19.1. The maximum Gasteiger partial charge on any atom is 0.519 e. The van der Waals surface area contributed by atoms with E-state index in [1.165, 1.54) is 6.92 Å². The molecule has 8 heteroatoms. The van der Waals surface area contributed by atoms with E-state index in [2.05, 4.69) is 0 Å². The maximum absolute atomic E-state index is 11.9. The number of rotatable bonds is 8. The molecule has 1 unspecified atom stereocenters. The molecule has 1 heterocycles. The molecular weight excluding hydrogens is 360 g/mol. The van der Waals surface area contributed by atoms with Gasteiger partial charge >= 0.3 is 11.1 Å². The highest BCUT2D eigenvalue weighted by atomic mass is 32.2. The average Bonchev–Trinajstić information content (AvgIpc) is 2.99. The third-order valence-electron chi connectivity index (χ3n) is 3.45. The number of hydrogen-bond acceptors (Lipinski definition) is 8. The van der Waals surface area contributed by atoms with Crippen molar-refractivity contribution in [1.29, 1.82) is 0 Å². The van der Waals surface area contributed by atoms with Gasteiger partial charge in [0, 0.05) is 18.4 Å². The number of Topliss-reactive ketones (excluding diaryl/α,β-unsaturated/α-hetero) is 2. The topological polar surface area (TPSA) is 104 Å². The normalized spacial score (nSPS) is 11.8. The first-order valence-electron chi connectivity index (χ1n) is 7.90. The van der Waals surface area contributed by atoms with Gasteiger partial charge in [-0.2, -0.15) is 0 Å². The lowest BCUT2D eigenvalue weighted by atomic mass is 10.1. The van der Waals surface area contributed by atoms with E-state index >= 15 is 0 Å². The Kier molecular flexibility index (Phi) is 6.97. The summed E-state index contributed by atoms with van der Waals surface area (Å²) in [6, 6.07) is 8.79. The molecule has 0 spiro atoms. The fourth-order valence-electron chi connectivity index (χ4n) is 2.08. The van der Waals surface area contributed by atoms with E-state index in [4.69, 9.17) is 13.6 Å². The molecule has 0 aliphatic carbocycles. The van der Waals surface area contributed by atoms with Gasteiger partial charge in [-0.15, -0.1) is 0 Å². The second kappa shape index (κ2) is 9.19. The van der Waals surface area contributed by atoms with Crippen LogP contribution in [0.4, 0.5) is 4.79 Å². The van der Waals surface area contributed by atoms with Gasteiger partial charge in [0.15, 0.2) is 18.1 Å². The Morgan fingerprint density at radius 1 is 1.12 bits per heavy atom. The predicted molar refractivity (Wildman–Crippen MR) is 94.8 cm³/mol. The lowest BCUT2D eigenvalue weighted by Gasteiger charge is -2.09. The molecule has 2 aromatic rings. The Bertz CT molecular complexity index is 835. The van der Waals surface area contributed by atoms with Crippen LogP contribution in [-0.4, -0.2) is 22.1 Å². The van der Waals surface area contributed by atoms with Gasteiger partial charge in [0.1, 0.15) is 11.6 Å². The molecule has 0 saturated carbocycles. The molecular formula is C18H18O7S. The van der Waals surface area contributed by atoms with Crippen LogP contribution in [0.15, 0.2) is 44.0 Å². The summed E-state index contributed by atoms with van der Waals surface area (Å²) in [7, 11) is 0. The number of carbonyl (C=O) groups excluding carboxylic acids is 3. The van der Waals surface area contributed by atoms with E-state index in [9.17, 15) is 19.2 Å². The second-order valence-corrected chi connectivity index (χ2v) is 6.82. The van der Waals surface area contributed by atoms with Crippen LogP contribution in [0.25, 0.3) is 11.3 Å².